The molecule has 0 bridgehead atoms. The third-order valence-corrected chi connectivity index (χ3v) is 12.6. The van der Waals surface area contributed by atoms with Gasteiger partial charge in [-0.3, -0.25) is 0 Å². The van der Waals surface area contributed by atoms with Crippen molar-refractivity contribution in [3.8, 4) is 22.3 Å². The Kier molecular flexibility index (Phi) is 3.99. The predicted octanol–water partition coefficient (Wildman–Crippen LogP) is 9.96. The van der Waals surface area contributed by atoms with Gasteiger partial charge in [0.25, 0.3) is 0 Å². The van der Waals surface area contributed by atoms with Gasteiger partial charge in [-0.2, -0.15) is 0 Å². The molecule has 216 valence electrons. The largest absolute Gasteiger partial charge is 0.456 e. The minimum atomic E-state index is -0.00818. The molecule has 6 heterocycles. The van der Waals surface area contributed by atoms with Crippen LogP contribution in [0.25, 0.3) is 87.3 Å². The van der Waals surface area contributed by atoms with E-state index in [2.05, 4.69) is 120 Å². The van der Waals surface area contributed by atoms with E-state index < -0.39 is 0 Å². The molecular weight excluding hydrogens is 593 g/mol. The van der Waals surface area contributed by atoms with Crippen molar-refractivity contribution in [2.45, 2.75) is 12.3 Å². The topological polar surface area (TPSA) is 31.2 Å². The summed E-state index contributed by atoms with van der Waals surface area (Å²) in [6.07, 6.45) is 0.973. The van der Waals surface area contributed by atoms with Gasteiger partial charge in [0.1, 0.15) is 16.7 Å². The number of nitrogens with zero attached hydrogens (tertiary/aromatic N) is 1. The Morgan fingerprint density at radius 2 is 1.32 bits per heavy atom. The van der Waals surface area contributed by atoms with Crippen molar-refractivity contribution in [2.75, 3.05) is 0 Å². The second-order valence-electron chi connectivity index (χ2n) is 13.4. The number of furan rings is 2. The first-order valence-electron chi connectivity index (χ1n) is 16.4. The van der Waals surface area contributed by atoms with E-state index in [1.165, 1.54) is 86.5 Å². The van der Waals surface area contributed by atoms with Crippen molar-refractivity contribution >= 4 is 94.1 Å². The molecule has 0 saturated heterocycles. The van der Waals surface area contributed by atoms with Crippen LogP contribution in [0.2, 0.25) is 0 Å². The van der Waals surface area contributed by atoms with Gasteiger partial charge in [0.2, 0.25) is 0 Å². The van der Waals surface area contributed by atoms with Crippen LogP contribution in [0.3, 0.4) is 0 Å². The summed E-state index contributed by atoms with van der Waals surface area (Å²) in [7, 11) is 0. The standard InChI is InChI=1S/C42H22BNO2S/c1-4-16-31-21(9-1)28-19-27-22-12-7-14-26-39(22)44(40-23-10-2-5-17-32(23)46-42(26)40)43-30-15-8-13-25-35(30)29(37(38(27)43)41(28)45-31)20-34-36(25)24-11-3-6-18-33(24)47-34/h1-19,29H,20H2. The van der Waals surface area contributed by atoms with Crippen LogP contribution in [0, 0.1) is 0 Å². The Hall–Kier alpha value is -5.52. The molecule has 5 heteroatoms. The van der Waals surface area contributed by atoms with Crippen molar-refractivity contribution in [3.05, 3.63) is 131 Å². The molecule has 0 N–H and O–H groups in total. The van der Waals surface area contributed by atoms with E-state index >= 15 is 0 Å². The number of benzene rings is 6. The summed E-state index contributed by atoms with van der Waals surface area (Å²) in [5, 5.41) is 6.10. The maximum Gasteiger partial charge on any atom is 0.329 e. The van der Waals surface area contributed by atoms with Gasteiger partial charge >= 0.3 is 6.85 Å². The second-order valence-corrected chi connectivity index (χ2v) is 14.6. The molecule has 1 atom stereocenters. The summed E-state index contributed by atoms with van der Waals surface area (Å²) >= 11 is 1.96. The van der Waals surface area contributed by atoms with Gasteiger partial charge in [-0.05, 0) is 70.4 Å². The fraction of sp³-hybridized carbons (Fsp3) is 0.0476. The highest BCUT2D eigenvalue weighted by Crippen LogP contribution is 2.53. The summed E-state index contributed by atoms with van der Waals surface area (Å²) in [5.41, 5.74) is 17.4. The normalized spacial score (nSPS) is 15.7. The lowest BCUT2D eigenvalue weighted by molar-refractivity contribution is 0.655. The molecule has 0 fully saturated rings. The fourth-order valence-corrected chi connectivity index (χ4v) is 11.0. The van der Waals surface area contributed by atoms with Crippen molar-refractivity contribution in [1.82, 2.24) is 4.48 Å². The van der Waals surface area contributed by atoms with Crippen LogP contribution in [-0.4, -0.2) is 11.3 Å². The fourth-order valence-electron chi connectivity index (χ4n) is 9.71. The van der Waals surface area contributed by atoms with E-state index in [0.29, 0.717) is 0 Å². The van der Waals surface area contributed by atoms with Crippen LogP contribution in [-0.2, 0) is 6.42 Å². The van der Waals surface area contributed by atoms with E-state index in [4.69, 9.17) is 8.83 Å². The van der Waals surface area contributed by atoms with Gasteiger partial charge < -0.3 is 13.3 Å². The van der Waals surface area contributed by atoms with Crippen LogP contribution >= 0.6 is 11.3 Å². The van der Waals surface area contributed by atoms with Crippen molar-refractivity contribution in [2.24, 2.45) is 0 Å². The summed E-state index contributed by atoms with van der Waals surface area (Å²) in [5.74, 6) is 0.198. The van der Waals surface area contributed by atoms with Crippen LogP contribution < -0.4 is 10.9 Å². The Morgan fingerprint density at radius 3 is 2.23 bits per heavy atom. The number of fused-ring (bicyclic) bond motifs is 17. The Labute approximate surface area is 272 Å². The number of para-hydroxylation sites is 3. The van der Waals surface area contributed by atoms with Gasteiger partial charge in [0, 0.05) is 64.6 Å². The highest BCUT2D eigenvalue weighted by Gasteiger charge is 2.47. The van der Waals surface area contributed by atoms with Gasteiger partial charge in [0.05, 0.1) is 5.52 Å². The van der Waals surface area contributed by atoms with Crippen molar-refractivity contribution < 1.29 is 8.83 Å². The first-order chi connectivity index (χ1) is 23.3. The Bertz CT molecular complexity index is 3080. The number of hydrogen-bond acceptors (Lipinski definition) is 3. The third-order valence-electron chi connectivity index (χ3n) is 11.4. The maximum absolute atomic E-state index is 6.94. The molecule has 0 radical (unpaired) electrons. The molecular formula is C42H22BNO2S. The van der Waals surface area contributed by atoms with Crippen LogP contribution in [0.4, 0.5) is 0 Å². The molecule has 3 aliphatic rings. The Balaban J connectivity index is 1.28. The van der Waals surface area contributed by atoms with Crippen LogP contribution in [0.5, 0.6) is 0 Å². The lowest BCUT2D eigenvalue weighted by Gasteiger charge is -2.40. The average molecular weight is 616 g/mol. The highest BCUT2D eigenvalue weighted by atomic mass is 32.1. The van der Waals surface area contributed by atoms with E-state index in [1.807, 2.05) is 11.3 Å². The molecule has 3 nitrogen and oxygen atoms in total. The monoisotopic (exact) mass is 615 g/mol. The SMILES string of the molecule is c1cc2c3c(c1)-c1c(sc4ccccc14)CC3c1c3c(cc4c1oc1ccccc14)-c1cccc4c5oc6ccccc6c5n(c14)B23. The summed E-state index contributed by atoms with van der Waals surface area (Å²) in [6, 6.07) is 42.3. The quantitative estimate of drug-likeness (QED) is 0.159. The molecule has 4 aromatic heterocycles. The predicted molar refractivity (Wildman–Crippen MR) is 195 cm³/mol. The van der Waals surface area contributed by atoms with Gasteiger partial charge in [-0.25, -0.2) is 0 Å². The van der Waals surface area contributed by atoms with Crippen molar-refractivity contribution in [1.29, 1.82) is 0 Å². The molecule has 2 aliphatic heterocycles. The molecule has 10 aromatic rings. The first-order valence-corrected chi connectivity index (χ1v) is 17.2. The molecule has 13 rings (SSSR count). The lowest BCUT2D eigenvalue weighted by Crippen LogP contribution is -2.57. The zero-order chi connectivity index (χ0) is 30.1. The van der Waals surface area contributed by atoms with Crippen LogP contribution in [0.1, 0.15) is 21.9 Å². The van der Waals surface area contributed by atoms with Crippen molar-refractivity contribution in [3.63, 3.8) is 0 Å². The zero-order valence-electron chi connectivity index (χ0n) is 25.0. The van der Waals surface area contributed by atoms with E-state index in [1.54, 1.807) is 0 Å². The number of thiophene rings is 1. The number of aromatic nitrogens is 1. The minimum absolute atomic E-state index is 0.00818. The third kappa shape index (κ3) is 2.61. The molecule has 1 unspecified atom stereocenters. The molecule has 6 aromatic carbocycles. The van der Waals surface area contributed by atoms with E-state index in [9.17, 15) is 0 Å². The van der Waals surface area contributed by atoms with E-state index in [0.717, 1.165) is 34.1 Å². The number of rotatable bonds is 0. The van der Waals surface area contributed by atoms with Gasteiger partial charge in [-0.1, -0.05) is 78.9 Å². The molecule has 0 spiro atoms. The summed E-state index contributed by atoms with van der Waals surface area (Å²) < 4.78 is 17.6. The van der Waals surface area contributed by atoms with Crippen LogP contribution in [0.15, 0.2) is 124 Å². The van der Waals surface area contributed by atoms with Gasteiger partial charge in [0.15, 0.2) is 5.58 Å². The highest BCUT2D eigenvalue weighted by molar-refractivity contribution is 7.19. The Morgan fingerprint density at radius 1 is 0.596 bits per heavy atom. The number of hydrogen-bond donors (Lipinski definition) is 0. The summed E-state index contributed by atoms with van der Waals surface area (Å²) in [4.78, 5) is 1.48. The van der Waals surface area contributed by atoms with Gasteiger partial charge in [-0.15, -0.1) is 11.3 Å². The molecule has 0 amide bonds. The second kappa shape index (κ2) is 7.88. The zero-order valence-corrected chi connectivity index (χ0v) is 25.8. The first kappa shape index (κ1) is 23.8. The molecule has 1 aliphatic carbocycles. The minimum Gasteiger partial charge on any atom is -0.456 e. The lowest BCUT2D eigenvalue weighted by atomic mass is 9.40. The average Bonchev–Trinajstić information content (AvgIpc) is 3.86. The van der Waals surface area contributed by atoms with E-state index in [-0.39, 0.29) is 12.8 Å². The smallest absolute Gasteiger partial charge is 0.329 e. The summed E-state index contributed by atoms with van der Waals surface area (Å²) in [6.45, 7) is -0.00818. The maximum atomic E-state index is 6.94. The molecule has 0 saturated carbocycles. The molecule has 47 heavy (non-hydrogen) atoms.